The third-order valence-corrected chi connectivity index (χ3v) is 2.73. The van der Waals surface area contributed by atoms with Gasteiger partial charge in [0.05, 0.1) is 11.0 Å². The molecule has 15 heavy (non-hydrogen) atoms. The van der Waals surface area contributed by atoms with Crippen molar-refractivity contribution in [2.24, 2.45) is 0 Å². The van der Waals surface area contributed by atoms with Gasteiger partial charge in [0, 0.05) is 10.7 Å². The van der Waals surface area contributed by atoms with Crippen LogP contribution in [0.5, 0.6) is 0 Å². The maximum absolute atomic E-state index is 11.7. The topological polar surface area (TPSA) is 60.9 Å². The fourth-order valence-corrected chi connectivity index (χ4v) is 2.35. The predicted molar refractivity (Wildman–Crippen MR) is 59.5 cm³/mol. The Labute approximate surface area is 101 Å². The zero-order valence-electron chi connectivity index (χ0n) is 7.35. The number of pyridine rings is 1. The fourth-order valence-electron chi connectivity index (χ4n) is 1.10. The Bertz CT molecular complexity index is 521. The predicted octanol–water partition coefficient (Wildman–Crippen LogP) is 1.80. The largest absolute Gasteiger partial charge is 0.343 e. The lowest BCUT2D eigenvalue weighted by molar-refractivity contribution is 0.408. The van der Waals surface area contributed by atoms with Crippen molar-refractivity contribution in [2.75, 3.05) is 0 Å². The number of halogens is 2. The SMILES string of the molecule is O=c1c(Br)cc(Br)cn1Cc1ncon1. The lowest BCUT2D eigenvalue weighted by atomic mass is 10.4. The van der Waals surface area contributed by atoms with E-state index in [-0.39, 0.29) is 12.1 Å². The Morgan fingerprint density at radius 1 is 1.47 bits per heavy atom. The second-order valence-corrected chi connectivity index (χ2v) is 4.56. The van der Waals surface area contributed by atoms with Crippen LogP contribution < -0.4 is 5.56 Å². The zero-order valence-corrected chi connectivity index (χ0v) is 10.5. The normalized spacial score (nSPS) is 10.5. The maximum atomic E-state index is 11.7. The molecule has 0 atom stereocenters. The molecule has 0 aliphatic carbocycles. The molecule has 0 amide bonds. The van der Waals surface area contributed by atoms with Gasteiger partial charge in [0.2, 0.25) is 6.39 Å². The minimum atomic E-state index is -0.136. The number of hydrogen-bond acceptors (Lipinski definition) is 4. The first kappa shape index (κ1) is 10.6. The van der Waals surface area contributed by atoms with Crippen LogP contribution in [0.25, 0.3) is 0 Å². The lowest BCUT2D eigenvalue weighted by Crippen LogP contribution is -2.21. The fraction of sp³-hybridized carbons (Fsp3) is 0.125. The van der Waals surface area contributed by atoms with Crippen LogP contribution in [0, 0.1) is 0 Å². The third-order valence-electron chi connectivity index (χ3n) is 1.73. The molecule has 2 rings (SSSR count). The van der Waals surface area contributed by atoms with Gasteiger partial charge < -0.3 is 9.09 Å². The molecule has 0 fully saturated rings. The highest BCUT2D eigenvalue weighted by Crippen LogP contribution is 2.13. The van der Waals surface area contributed by atoms with Gasteiger partial charge in [0.25, 0.3) is 5.56 Å². The van der Waals surface area contributed by atoms with Crippen molar-refractivity contribution >= 4 is 31.9 Å². The summed E-state index contributed by atoms with van der Waals surface area (Å²) in [5, 5.41) is 3.64. The average Bonchev–Trinajstić information content (AvgIpc) is 2.66. The Kier molecular flexibility index (Phi) is 3.01. The van der Waals surface area contributed by atoms with Gasteiger partial charge in [-0.1, -0.05) is 5.16 Å². The molecule has 2 aromatic rings. The summed E-state index contributed by atoms with van der Waals surface area (Å²) in [6.45, 7) is 0.285. The number of aromatic nitrogens is 3. The van der Waals surface area contributed by atoms with E-state index in [2.05, 4.69) is 46.5 Å². The first-order valence-electron chi connectivity index (χ1n) is 3.97. The third kappa shape index (κ3) is 2.35. The van der Waals surface area contributed by atoms with E-state index >= 15 is 0 Å². The molecule has 0 aromatic carbocycles. The van der Waals surface area contributed by atoms with Gasteiger partial charge >= 0.3 is 0 Å². The first-order chi connectivity index (χ1) is 7.16. The summed E-state index contributed by atoms with van der Waals surface area (Å²) in [4.78, 5) is 15.5. The van der Waals surface area contributed by atoms with Crippen molar-refractivity contribution in [3.63, 3.8) is 0 Å². The molecule has 0 saturated carbocycles. The van der Waals surface area contributed by atoms with Gasteiger partial charge in [-0.25, -0.2) is 0 Å². The molecule has 0 saturated heterocycles. The van der Waals surface area contributed by atoms with E-state index in [0.717, 1.165) is 4.47 Å². The van der Waals surface area contributed by atoms with Gasteiger partial charge in [-0.3, -0.25) is 4.79 Å². The van der Waals surface area contributed by atoms with Crippen LogP contribution in [0.1, 0.15) is 5.82 Å². The van der Waals surface area contributed by atoms with Crippen LogP contribution in [-0.4, -0.2) is 14.7 Å². The zero-order chi connectivity index (χ0) is 10.8. The summed E-state index contributed by atoms with van der Waals surface area (Å²) in [6, 6.07) is 1.69. The summed E-state index contributed by atoms with van der Waals surface area (Å²) >= 11 is 6.47. The molecule has 5 nitrogen and oxygen atoms in total. The van der Waals surface area contributed by atoms with Crippen LogP contribution in [0.15, 0.2) is 36.9 Å². The second-order valence-electron chi connectivity index (χ2n) is 2.79. The van der Waals surface area contributed by atoms with Crippen molar-refractivity contribution in [2.45, 2.75) is 6.54 Å². The molecule has 0 aliphatic heterocycles. The van der Waals surface area contributed by atoms with Gasteiger partial charge in [-0.05, 0) is 37.9 Å². The Morgan fingerprint density at radius 2 is 2.27 bits per heavy atom. The standard InChI is InChI=1S/C8H5Br2N3O2/c9-5-1-6(10)8(14)13(2-5)3-7-11-4-15-12-7/h1-2,4H,3H2. The Hall–Kier alpha value is -0.950. The molecule has 0 radical (unpaired) electrons. The van der Waals surface area contributed by atoms with Crippen LogP contribution >= 0.6 is 31.9 Å². The van der Waals surface area contributed by atoms with E-state index in [0.29, 0.717) is 10.3 Å². The molecule has 0 N–H and O–H groups in total. The summed E-state index contributed by atoms with van der Waals surface area (Å²) < 4.78 is 7.36. The van der Waals surface area contributed by atoms with E-state index < -0.39 is 0 Å². The van der Waals surface area contributed by atoms with E-state index in [1.54, 1.807) is 12.3 Å². The van der Waals surface area contributed by atoms with Crippen LogP contribution in [0.3, 0.4) is 0 Å². The summed E-state index contributed by atoms with van der Waals surface area (Å²) in [5.74, 6) is 0.460. The van der Waals surface area contributed by atoms with Gasteiger partial charge in [-0.15, -0.1) is 0 Å². The minimum Gasteiger partial charge on any atom is -0.343 e. The van der Waals surface area contributed by atoms with Crippen molar-refractivity contribution in [3.05, 3.63) is 43.8 Å². The number of nitrogens with zero attached hydrogens (tertiary/aromatic N) is 3. The molecule has 7 heteroatoms. The van der Waals surface area contributed by atoms with Crippen molar-refractivity contribution in [3.8, 4) is 0 Å². The first-order valence-corrected chi connectivity index (χ1v) is 5.56. The van der Waals surface area contributed by atoms with E-state index in [1.807, 2.05) is 0 Å². The minimum absolute atomic E-state index is 0.136. The quantitative estimate of drug-likeness (QED) is 0.840. The lowest BCUT2D eigenvalue weighted by Gasteiger charge is -2.03. The highest BCUT2D eigenvalue weighted by atomic mass is 79.9. The Balaban J connectivity index is 2.41. The van der Waals surface area contributed by atoms with Gasteiger partial charge in [0.15, 0.2) is 5.82 Å². The van der Waals surface area contributed by atoms with Gasteiger partial charge in [-0.2, -0.15) is 4.98 Å². The molecule has 0 aliphatic rings. The number of hydrogen-bond donors (Lipinski definition) is 0. The number of rotatable bonds is 2. The van der Waals surface area contributed by atoms with Crippen molar-refractivity contribution in [1.82, 2.24) is 14.7 Å². The van der Waals surface area contributed by atoms with E-state index in [1.165, 1.54) is 11.0 Å². The highest BCUT2D eigenvalue weighted by Gasteiger charge is 2.06. The molecule has 2 aromatic heterocycles. The summed E-state index contributed by atoms with van der Waals surface area (Å²) in [6.07, 6.45) is 2.90. The van der Waals surface area contributed by atoms with Crippen molar-refractivity contribution < 1.29 is 4.52 Å². The van der Waals surface area contributed by atoms with Crippen LogP contribution in [0.2, 0.25) is 0 Å². The van der Waals surface area contributed by atoms with Gasteiger partial charge in [0.1, 0.15) is 0 Å². The van der Waals surface area contributed by atoms with Crippen LogP contribution in [0.4, 0.5) is 0 Å². The summed E-state index contributed by atoms with van der Waals surface area (Å²) in [5.41, 5.74) is -0.136. The van der Waals surface area contributed by atoms with E-state index in [9.17, 15) is 4.79 Å². The molecule has 0 unspecified atom stereocenters. The molecule has 78 valence electrons. The van der Waals surface area contributed by atoms with E-state index in [4.69, 9.17) is 0 Å². The molecule has 2 heterocycles. The Morgan fingerprint density at radius 3 is 2.93 bits per heavy atom. The smallest absolute Gasteiger partial charge is 0.265 e. The average molecular weight is 335 g/mol. The summed E-state index contributed by atoms with van der Waals surface area (Å²) in [7, 11) is 0. The maximum Gasteiger partial charge on any atom is 0.265 e. The molecule has 0 bridgehead atoms. The van der Waals surface area contributed by atoms with Crippen LogP contribution in [-0.2, 0) is 6.54 Å². The molecular formula is C8H5Br2N3O2. The monoisotopic (exact) mass is 333 g/mol. The molecular weight excluding hydrogens is 330 g/mol. The highest BCUT2D eigenvalue weighted by molar-refractivity contribution is 9.11. The second kappa shape index (κ2) is 4.28. The molecule has 0 spiro atoms. The van der Waals surface area contributed by atoms with Crippen molar-refractivity contribution in [1.29, 1.82) is 0 Å².